The summed E-state index contributed by atoms with van der Waals surface area (Å²) in [5.74, 6) is 1.26. The van der Waals surface area contributed by atoms with Crippen molar-refractivity contribution in [2.75, 3.05) is 54.6 Å². The van der Waals surface area contributed by atoms with Crippen molar-refractivity contribution in [2.45, 2.75) is 25.7 Å². The van der Waals surface area contributed by atoms with E-state index in [-0.39, 0.29) is 18.3 Å². The Morgan fingerprint density at radius 3 is 2.15 bits per heavy atom. The average molecular weight is 380 g/mol. The number of esters is 1. The molecule has 0 aliphatic carbocycles. The molecule has 0 N–H and O–H groups in total. The molecule has 0 fully saturated rings. The van der Waals surface area contributed by atoms with Crippen molar-refractivity contribution in [3.63, 3.8) is 0 Å². The summed E-state index contributed by atoms with van der Waals surface area (Å²) in [6.45, 7) is 2.37. The molecule has 0 spiro atoms. The van der Waals surface area contributed by atoms with Gasteiger partial charge in [0.25, 0.3) is 0 Å². The van der Waals surface area contributed by atoms with Gasteiger partial charge in [-0.05, 0) is 57.7 Å². The lowest BCUT2D eigenvalue weighted by molar-refractivity contribution is -0.141. The van der Waals surface area contributed by atoms with Crippen molar-refractivity contribution >= 4 is 11.9 Å². The van der Waals surface area contributed by atoms with Crippen molar-refractivity contribution in [1.82, 2.24) is 9.80 Å². The number of amides is 1. The summed E-state index contributed by atoms with van der Waals surface area (Å²) in [6, 6.07) is 7.34. The number of nitrogens with zero attached hydrogens (tertiary/aromatic N) is 2. The van der Waals surface area contributed by atoms with Crippen molar-refractivity contribution in [3.8, 4) is 11.5 Å². The summed E-state index contributed by atoms with van der Waals surface area (Å²) >= 11 is 0. The van der Waals surface area contributed by atoms with Crippen molar-refractivity contribution in [2.24, 2.45) is 0 Å². The van der Waals surface area contributed by atoms with Crippen LogP contribution in [0.4, 0.5) is 0 Å². The van der Waals surface area contributed by atoms with Crippen LogP contribution in [0.25, 0.3) is 0 Å². The Bertz CT molecular complexity index is 560. The van der Waals surface area contributed by atoms with Crippen molar-refractivity contribution in [1.29, 1.82) is 0 Å². The van der Waals surface area contributed by atoms with Gasteiger partial charge in [-0.3, -0.25) is 9.59 Å². The maximum absolute atomic E-state index is 12.5. The first-order valence-electron chi connectivity index (χ1n) is 9.22. The molecule has 0 bridgehead atoms. The molecule has 0 heterocycles. The van der Waals surface area contributed by atoms with Crippen LogP contribution in [0, 0.1) is 0 Å². The molecule has 1 aromatic rings. The lowest BCUT2D eigenvalue weighted by atomic mass is 10.2. The second kappa shape index (κ2) is 13.0. The van der Waals surface area contributed by atoms with Gasteiger partial charge in [0.1, 0.15) is 11.5 Å². The molecule has 27 heavy (non-hydrogen) atoms. The number of carbonyl (C=O) groups excluding carboxylic acids is 2. The van der Waals surface area contributed by atoms with Crippen LogP contribution >= 0.6 is 0 Å². The van der Waals surface area contributed by atoms with Crippen LogP contribution < -0.4 is 9.47 Å². The number of carbonyl (C=O) groups is 2. The Kier molecular flexibility index (Phi) is 10.9. The van der Waals surface area contributed by atoms with Gasteiger partial charge in [0.05, 0.1) is 27.2 Å². The Hall–Kier alpha value is -2.28. The summed E-state index contributed by atoms with van der Waals surface area (Å²) in [7, 11) is 6.97. The summed E-state index contributed by atoms with van der Waals surface area (Å²) < 4.78 is 15.4. The summed E-state index contributed by atoms with van der Waals surface area (Å²) in [6.07, 6.45) is 2.08. The number of methoxy groups -OCH3 is 2. The Balaban J connectivity index is 2.39. The Morgan fingerprint density at radius 1 is 0.889 bits per heavy atom. The molecule has 7 nitrogen and oxygen atoms in total. The quantitative estimate of drug-likeness (QED) is 0.386. The van der Waals surface area contributed by atoms with E-state index >= 15 is 0 Å². The molecule has 1 amide bonds. The van der Waals surface area contributed by atoms with E-state index in [1.807, 2.05) is 38.4 Å². The number of hydrogen-bond donors (Lipinski definition) is 0. The lowest BCUT2D eigenvalue weighted by Gasteiger charge is -2.23. The Labute approximate surface area is 162 Å². The molecule has 0 saturated heterocycles. The molecular weight excluding hydrogens is 348 g/mol. The van der Waals surface area contributed by atoms with E-state index in [9.17, 15) is 9.59 Å². The molecule has 0 aliphatic rings. The molecule has 0 aromatic heterocycles. The third-order valence-corrected chi connectivity index (χ3v) is 4.06. The number of ether oxygens (including phenoxy) is 3. The lowest BCUT2D eigenvalue weighted by Crippen LogP contribution is -2.35. The fourth-order valence-electron chi connectivity index (χ4n) is 2.51. The molecule has 0 saturated carbocycles. The zero-order valence-corrected chi connectivity index (χ0v) is 16.9. The third kappa shape index (κ3) is 9.84. The fourth-order valence-corrected chi connectivity index (χ4v) is 2.51. The second-order valence-electron chi connectivity index (χ2n) is 6.49. The maximum Gasteiger partial charge on any atom is 0.307 e. The predicted octanol–water partition coefficient (Wildman–Crippen LogP) is 2.20. The van der Waals surface area contributed by atoms with Crippen LogP contribution in [0.5, 0.6) is 11.5 Å². The standard InChI is InChI=1S/C20H32N2O5/c1-21(2)13-6-14-22(15-12-20(24)26-4)19(23)7-5-16-27-18-10-8-17(25-3)9-11-18/h8-11H,5-7,12-16H2,1-4H3. The van der Waals surface area contributed by atoms with E-state index in [1.54, 1.807) is 12.0 Å². The second-order valence-corrected chi connectivity index (χ2v) is 6.49. The fraction of sp³-hybridized carbons (Fsp3) is 0.600. The van der Waals surface area contributed by atoms with Crippen LogP contribution in [-0.4, -0.2) is 76.2 Å². The number of benzene rings is 1. The minimum absolute atomic E-state index is 0.0380. The highest BCUT2D eigenvalue weighted by atomic mass is 16.5. The van der Waals surface area contributed by atoms with Crippen LogP contribution in [0.1, 0.15) is 25.7 Å². The normalized spacial score (nSPS) is 10.6. The first-order chi connectivity index (χ1) is 13.0. The smallest absolute Gasteiger partial charge is 0.307 e. The van der Waals surface area contributed by atoms with Gasteiger partial charge in [-0.25, -0.2) is 0 Å². The van der Waals surface area contributed by atoms with Crippen LogP contribution in [0.2, 0.25) is 0 Å². The third-order valence-electron chi connectivity index (χ3n) is 4.06. The molecule has 0 aliphatic heterocycles. The summed E-state index contributed by atoms with van der Waals surface area (Å²) in [4.78, 5) is 27.7. The van der Waals surface area contributed by atoms with Gasteiger partial charge in [-0.2, -0.15) is 0 Å². The molecule has 7 heteroatoms. The van der Waals surface area contributed by atoms with E-state index in [2.05, 4.69) is 9.64 Å². The molecule has 1 rings (SSSR count). The summed E-state index contributed by atoms with van der Waals surface area (Å²) in [5.41, 5.74) is 0. The van der Waals surface area contributed by atoms with Gasteiger partial charge in [0.2, 0.25) is 5.91 Å². The maximum atomic E-state index is 12.5. The molecule has 152 valence electrons. The molecule has 0 radical (unpaired) electrons. The number of hydrogen-bond acceptors (Lipinski definition) is 6. The van der Waals surface area contributed by atoms with Gasteiger partial charge in [0.15, 0.2) is 0 Å². The van der Waals surface area contributed by atoms with E-state index in [0.717, 1.165) is 24.5 Å². The van der Waals surface area contributed by atoms with E-state index in [1.165, 1.54) is 7.11 Å². The largest absolute Gasteiger partial charge is 0.497 e. The SMILES string of the molecule is COC(=O)CCN(CCCN(C)C)C(=O)CCCOc1ccc(OC)cc1. The molecule has 0 atom stereocenters. The minimum Gasteiger partial charge on any atom is -0.497 e. The van der Waals surface area contributed by atoms with Gasteiger partial charge >= 0.3 is 5.97 Å². The van der Waals surface area contributed by atoms with Gasteiger partial charge in [-0.15, -0.1) is 0 Å². The predicted molar refractivity (Wildman–Crippen MR) is 104 cm³/mol. The van der Waals surface area contributed by atoms with Crippen LogP contribution in [0.3, 0.4) is 0 Å². The number of rotatable bonds is 13. The van der Waals surface area contributed by atoms with E-state index in [0.29, 0.717) is 32.5 Å². The first-order valence-corrected chi connectivity index (χ1v) is 9.22. The first kappa shape index (κ1) is 22.8. The van der Waals surface area contributed by atoms with Gasteiger partial charge < -0.3 is 24.0 Å². The van der Waals surface area contributed by atoms with E-state index in [4.69, 9.17) is 9.47 Å². The van der Waals surface area contributed by atoms with Crippen molar-refractivity contribution < 1.29 is 23.8 Å². The topological polar surface area (TPSA) is 68.3 Å². The van der Waals surface area contributed by atoms with Gasteiger partial charge in [-0.1, -0.05) is 0 Å². The van der Waals surface area contributed by atoms with Crippen LogP contribution in [0.15, 0.2) is 24.3 Å². The highest BCUT2D eigenvalue weighted by Gasteiger charge is 2.15. The zero-order chi connectivity index (χ0) is 20.1. The zero-order valence-electron chi connectivity index (χ0n) is 16.9. The molecular formula is C20H32N2O5. The highest BCUT2D eigenvalue weighted by molar-refractivity contribution is 5.77. The van der Waals surface area contributed by atoms with E-state index < -0.39 is 0 Å². The molecule has 0 unspecified atom stereocenters. The monoisotopic (exact) mass is 380 g/mol. The van der Waals surface area contributed by atoms with Crippen molar-refractivity contribution in [3.05, 3.63) is 24.3 Å². The van der Waals surface area contributed by atoms with Gasteiger partial charge in [0, 0.05) is 19.5 Å². The average Bonchev–Trinajstić information content (AvgIpc) is 2.67. The Morgan fingerprint density at radius 2 is 1.56 bits per heavy atom. The van der Waals surface area contributed by atoms with Crippen LogP contribution in [-0.2, 0) is 14.3 Å². The highest BCUT2D eigenvalue weighted by Crippen LogP contribution is 2.17. The summed E-state index contributed by atoms with van der Waals surface area (Å²) in [5, 5.41) is 0. The minimum atomic E-state index is -0.303. The molecule has 1 aromatic carbocycles.